The van der Waals surface area contributed by atoms with Gasteiger partial charge in [-0.1, -0.05) is 20.8 Å². The van der Waals surface area contributed by atoms with Crippen LogP contribution in [-0.2, 0) is 4.74 Å². The quantitative estimate of drug-likeness (QED) is 0.690. The molecule has 0 aromatic rings. The van der Waals surface area contributed by atoms with Crippen LogP contribution in [0.2, 0.25) is 0 Å². The van der Waals surface area contributed by atoms with Gasteiger partial charge in [-0.05, 0) is 52.1 Å². The van der Waals surface area contributed by atoms with E-state index in [0.29, 0.717) is 18.4 Å². The van der Waals surface area contributed by atoms with E-state index in [0.717, 1.165) is 19.5 Å². The number of carbonyl (C=O) groups is 1. The third kappa shape index (κ3) is 10.4. The molecule has 0 fully saturated rings. The molecule has 0 aromatic carbocycles. The molecule has 0 heterocycles. The van der Waals surface area contributed by atoms with Crippen molar-refractivity contribution in [2.75, 3.05) is 19.6 Å². The second-order valence-electron chi connectivity index (χ2n) is 6.21. The van der Waals surface area contributed by atoms with E-state index in [1.54, 1.807) is 0 Å². The van der Waals surface area contributed by atoms with Gasteiger partial charge in [-0.3, -0.25) is 0 Å². The van der Waals surface area contributed by atoms with E-state index in [9.17, 15) is 4.79 Å². The fourth-order valence-electron chi connectivity index (χ4n) is 1.28. The fraction of sp³-hybridized carbons (Fsp3) is 0.929. The number of hydrogen-bond acceptors (Lipinski definition) is 3. The molecule has 0 aliphatic heterocycles. The first-order valence-electron chi connectivity index (χ1n) is 6.90. The predicted molar refractivity (Wildman–Crippen MR) is 75.7 cm³/mol. The van der Waals surface area contributed by atoms with E-state index in [2.05, 4.69) is 31.4 Å². The highest BCUT2D eigenvalue weighted by atomic mass is 16.6. The first-order valence-corrected chi connectivity index (χ1v) is 6.90. The van der Waals surface area contributed by atoms with Crippen LogP contribution in [0, 0.1) is 11.8 Å². The predicted octanol–water partition coefficient (Wildman–Crippen LogP) is 2.78. The summed E-state index contributed by atoms with van der Waals surface area (Å²) in [4.78, 5) is 11.3. The Morgan fingerprint density at radius 1 is 1.17 bits per heavy atom. The van der Waals surface area contributed by atoms with Crippen molar-refractivity contribution in [3.8, 4) is 0 Å². The molecule has 0 rings (SSSR count). The molecular weight excluding hydrogens is 228 g/mol. The molecule has 0 aliphatic carbocycles. The van der Waals surface area contributed by atoms with Gasteiger partial charge in [0.05, 0.1) is 0 Å². The van der Waals surface area contributed by atoms with Crippen molar-refractivity contribution in [2.24, 2.45) is 11.8 Å². The Hall–Kier alpha value is -0.770. The van der Waals surface area contributed by atoms with Gasteiger partial charge in [-0.25, -0.2) is 4.79 Å². The summed E-state index contributed by atoms with van der Waals surface area (Å²) in [7, 11) is 0. The van der Waals surface area contributed by atoms with Crippen molar-refractivity contribution in [2.45, 2.75) is 53.6 Å². The Morgan fingerprint density at radius 3 is 2.28 bits per heavy atom. The van der Waals surface area contributed by atoms with Gasteiger partial charge < -0.3 is 15.4 Å². The largest absolute Gasteiger partial charge is 0.444 e. The van der Waals surface area contributed by atoms with Gasteiger partial charge in [0.2, 0.25) is 0 Å². The summed E-state index contributed by atoms with van der Waals surface area (Å²) in [6.45, 7) is 14.9. The molecule has 0 bridgehead atoms. The Bertz CT molecular complexity index is 234. The Morgan fingerprint density at radius 2 is 1.78 bits per heavy atom. The van der Waals surface area contributed by atoms with E-state index >= 15 is 0 Å². The summed E-state index contributed by atoms with van der Waals surface area (Å²) in [6.07, 6.45) is 0.586. The molecule has 1 atom stereocenters. The van der Waals surface area contributed by atoms with Crippen LogP contribution in [0.15, 0.2) is 0 Å². The first kappa shape index (κ1) is 17.2. The zero-order chi connectivity index (χ0) is 14.2. The van der Waals surface area contributed by atoms with E-state index in [1.165, 1.54) is 0 Å². The lowest BCUT2D eigenvalue weighted by atomic mass is 9.98. The molecule has 0 aliphatic rings. The SMILES string of the molecule is CC(C)C(C)CNCCCNC(=O)OC(C)(C)C. The van der Waals surface area contributed by atoms with Crippen molar-refractivity contribution >= 4 is 6.09 Å². The molecule has 0 saturated heterocycles. The number of ether oxygens (including phenoxy) is 1. The van der Waals surface area contributed by atoms with Crippen LogP contribution >= 0.6 is 0 Å². The Labute approximate surface area is 112 Å². The molecule has 0 aromatic heterocycles. The number of nitrogens with one attached hydrogen (secondary N) is 2. The molecule has 1 amide bonds. The normalized spacial score (nSPS) is 13.5. The van der Waals surface area contributed by atoms with Gasteiger partial charge in [0, 0.05) is 6.54 Å². The van der Waals surface area contributed by atoms with Gasteiger partial charge in [-0.15, -0.1) is 0 Å². The average molecular weight is 258 g/mol. The van der Waals surface area contributed by atoms with Crippen molar-refractivity contribution in [1.29, 1.82) is 0 Å². The van der Waals surface area contributed by atoms with Gasteiger partial charge in [0.1, 0.15) is 5.60 Å². The van der Waals surface area contributed by atoms with Crippen molar-refractivity contribution in [3.05, 3.63) is 0 Å². The second-order valence-corrected chi connectivity index (χ2v) is 6.21. The minimum atomic E-state index is -0.422. The molecule has 108 valence electrons. The number of amides is 1. The number of hydrogen-bond donors (Lipinski definition) is 2. The summed E-state index contributed by atoms with van der Waals surface area (Å²) in [5.41, 5.74) is -0.422. The van der Waals surface area contributed by atoms with E-state index in [4.69, 9.17) is 4.74 Å². The van der Waals surface area contributed by atoms with Crippen LogP contribution in [0.3, 0.4) is 0 Å². The van der Waals surface area contributed by atoms with Crippen molar-refractivity contribution in [1.82, 2.24) is 10.6 Å². The van der Waals surface area contributed by atoms with Gasteiger partial charge in [0.15, 0.2) is 0 Å². The maximum atomic E-state index is 11.3. The fourth-order valence-corrected chi connectivity index (χ4v) is 1.28. The number of carbonyl (C=O) groups excluding carboxylic acids is 1. The van der Waals surface area contributed by atoms with Crippen LogP contribution in [0.5, 0.6) is 0 Å². The molecule has 4 heteroatoms. The van der Waals surface area contributed by atoms with E-state index < -0.39 is 5.60 Å². The van der Waals surface area contributed by atoms with Crippen LogP contribution in [0.25, 0.3) is 0 Å². The lowest BCUT2D eigenvalue weighted by Crippen LogP contribution is -2.34. The molecule has 0 saturated carbocycles. The highest BCUT2D eigenvalue weighted by Gasteiger charge is 2.15. The number of rotatable bonds is 7. The summed E-state index contributed by atoms with van der Waals surface area (Å²) >= 11 is 0. The van der Waals surface area contributed by atoms with Crippen molar-refractivity contribution < 1.29 is 9.53 Å². The van der Waals surface area contributed by atoms with Crippen LogP contribution in [-0.4, -0.2) is 31.3 Å². The van der Waals surface area contributed by atoms with E-state index in [1.807, 2.05) is 20.8 Å². The zero-order valence-corrected chi connectivity index (χ0v) is 12.8. The second kappa shape index (κ2) is 8.35. The Balaban J connectivity index is 3.44. The summed E-state index contributed by atoms with van der Waals surface area (Å²) in [6, 6.07) is 0. The molecule has 2 N–H and O–H groups in total. The highest BCUT2D eigenvalue weighted by Crippen LogP contribution is 2.07. The molecule has 0 radical (unpaired) electrons. The first-order chi connectivity index (χ1) is 8.22. The maximum Gasteiger partial charge on any atom is 0.407 e. The monoisotopic (exact) mass is 258 g/mol. The average Bonchev–Trinajstić information content (AvgIpc) is 2.19. The molecular formula is C14H30N2O2. The lowest BCUT2D eigenvalue weighted by molar-refractivity contribution is 0.0527. The Kier molecular flexibility index (Phi) is 8.00. The summed E-state index contributed by atoms with van der Waals surface area (Å²) in [5, 5.41) is 6.15. The molecule has 18 heavy (non-hydrogen) atoms. The van der Waals surface area contributed by atoms with Gasteiger partial charge >= 0.3 is 6.09 Å². The topological polar surface area (TPSA) is 50.4 Å². The molecule has 4 nitrogen and oxygen atoms in total. The summed E-state index contributed by atoms with van der Waals surface area (Å²) in [5.74, 6) is 1.39. The molecule has 0 spiro atoms. The van der Waals surface area contributed by atoms with Gasteiger partial charge in [-0.2, -0.15) is 0 Å². The minimum Gasteiger partial charge on any atom is -0.444 e. The van der Waals surface area contributed by atoms with E-state index in [-0.39, 0.29) is 6.09 Å². The minimum absolute atomic E-state index is 0.335. The summed E-state index contributed by atoms with van der Waals surface area (Å²) < 4.78 is 5.14. The maximum absolute atomic E-state index is 11.3. The van der Waals surface area contributed by atoms with Crippen LogP contribution in [0.4, 0.5) is 4.79 Å². The highest BCUT2D eigenvalue weighted by molar-refractivity contribution is 5.67. The van der Waals surface area contributed by atoms with Crippen LogP contribution in [0.1, 0.15) is 48.0 Å². The van der Waals surface area contributed by atoms with Crippen molar-refractivity contribution in [3.63, 3.8) is 0 Å². The number of alkyl carbamates (subject to hydrolysis) is 1. The smallest absolute Gasteiger partial charge is 0.407 e. The van der Waals surface area contributed by atoms with Crippen LogP contribution < -0.4 is 10.6 Å². The lowest BCUT2D eigenvalue weighted by Gasteiger charge is -2.19. The molecule has 1 unspecified atom stereocenters. The standard InChI is InChI=1S/C14H30N2O2/c1-11(2)12(3)10-15-8-7-9-16-13(17)18-14(4,5)6/h11-12,15H,7-10H2,1-6H3,(H,16,17). The van der Waals surface area contributed by atoms with Gasteiger partial charge in [0.25, 0.3) is 0 Å². The third-order valence-electron chi connectivity index (χ3n) is 2.80. The third-order valence-corrected chi connectivity index (χ3v) is 2.80. The zero-order valence-electron chi connectivity index (χ0n) is 12.8.